The number of rotatable bonds is 8. The number of Topliss-reactive ketones (excluding diaryl/α,β-unsaturated/α-hetero) is 1. The summed E-state index contributed by atoms with van der Waals surface area (Å²) >= 11 is 0. The summed E-state index contributed by atoms with van der Waals surface area (Å²) in [6, 6.07) is 0.228. The van der Waals surface area contributed by atoms with Crippen LogP contribution in [0.25, 0.3) is 0 Å². The van der Waals surface area contributed by atoms with E-state index < -0.39 is 5.97 Å². The highest BCUT2D eigenvalue weighted by Gasteiger charge is 2.28. The first-order chi connectivity index (χ1) is 9.79. The molecule has 0 aromatic rings. The van der Waals surface area contributed by atoms with Gasteiger partial charge in [-0.05, 0) is 38.3 Å². The normalized spacial score (nSPS) is 19.1. The Kier molecular flexibility index (Phi) is 7.32. The molecule has 1 aliphatic rings. The van der Waals surface area contributed by atoms with E-state index in [4.69, 9.17) is 5.11 Å². The zero-order valence-corrected chi connectivity index (χ0v) is 13.8. The van der Waals surface area contributed by atoms with Crippen LogP contribution in [0.15, 0.2) is 0 Å². The van der Waals surface area contributed by atoms with Crippen molar-refractivity contribution >= 4 is 11.8 Å². The average Bonchev–Trinajstić information content (AvgIpc) is 2.38. The highest BCUT2D eigenvalue weighted by Crippen LogP contribution is 2.23. The van der Waals surface area contributed by atoms with Crippen LogP contribution < -0.4 is 5.32 Å². The number of nitrogens with one attached hydrogen (secondary N) is 1. The Labute approximate surface area is 128 Å². The van der Waals surface area contributed by atoms with E-state index in [-0.39, 0.29) is 24.3 Å². The van der Waals surface area contributed by atoms with Crippen LogP contribution in [0.2, 0.25) is 0 Å². The summed E-state index contributed by atoms with van der Waals surface area (Å²) in [5, 5.41) is 12.2. The molecule has 0 unspecified atom stereocenters. The Hall–Kier alpha value is -0.940. The van der Waals surface area contributed by atoms with Gasteiger partial charge in [-0.2, -0.15) is 0 Å². The van der Waals surface area contributed by atoms with Crippen LogP contribution >= 0.6 is 0 Å². The van der Waals surface area contributed by atoms with Gasteiger partial charge in [0.1, 0.15) is 0 Å². The molecule has 5 nitrogen and oxygen atoms in total. The van der Waals surface area contributed by atoms with Crippen molar-refractivity contribution in [1.29, 1.82) is 0 Å². The lowest BCUT2D eigenvalue weighted by molar-refractivity contribution is -0.138. The molecule has 0 aromatic heterocycles. The summed E-state index contributed by atoms with van der Waals surface area (Å²) in [5.41, 5.74) is 0. The largest absolute Gasteiger partial charge is 0.480 e. The van der Waals surface area contributed by atoms with Gasteiger partial charge in [0.25, 0.3) is 0 Å². The van der Waals surface area contributed by atoms with Crippen molar-refractivity contribution in [3.05, 3.63) is 0 Å². The number of carbonyl (C=O) groups is 2. The number of ketones is 1. The van der Waals surface area contributed by atoms with E-state index in [0.717, 1.165) is 32.4 Å². The molecular weight excluding hydrogens is 268 g/mol. The SMILES string of the molecule is CC(C)N[C@@H](CC1CCN(CC(=O)O)CC1)C(=O)C(C)C. The third-order valence-corrected chi connectivity index (χ3v) is 4.08. The van der Waals surface area contributed by atoms with Crippen LogP contribution in [-0.4, -0.2) is 53.5 Å². The lowest BCUT2D eigenvalue weighted by Gasteiger charge is -2.33. The third kappa shape index (κ3) is 6.57. The van der Waals surface area contributed by atoms with Gasteiger partial charge in [-0.3, -0.25) is 14.5 Å². The molecule has 0 aromatic carbocycles. The van der Waals surface area contributed by atoms with Crippen LogP contribution in [0, 0.1) is 11.8 Å². The van der Waals surface area contributed by atoms with Crippen LogP contribution in [0.4, 0.5) is 0 Å². The van der Waals surface area contributed by atoms with Gasteiger partial charge in [-0.25, -0.2) is 0 Å². The minimum Gasteiger partial charge on any atom is -0.480 e. The van der Waals surface area contributed by atoms with Crippen LogP contribution in [0.3, 0.4) is 0 Å². The molecular formula is C16H30N2O3. The minimum absolute atomic E-state index is 0.0494. The zero-order valence-electron chi connectivity index (χ0n) is 13.8. The number of carboxylic acids is 1. The number of likely N-dealkylation sites (tertiary alicyclic amines) is 1. The number of aliphatic carboxylic acids is 1. The van der Waals surface area contributed by atoms with E-state index in [1.807, 2.05) is 18.7 Å². The van der Waals surface area contributed by atoms with Crippen molar-refractivity contribution in [3.63, 3.8) is 0 Å². The Morgan fingerprint density at radius 2 is 1.76 bits per heavy atom. The monoisotopic (exact) mass is 298 g/mol. The fourth-order valence-corrected chi connectivity index (χ4v) is 2.98. The summed E-state index contributed by atoms with van der Waals surface area (Å²) < 4.78 is 0. The van der Waals surface area contributed by atoms with Gasteiger partial charge >= 0.3 is 5.97 Å². The molecule has 1 aliphatic heterocycles. The van der Waals surface area contributed by atoms with Crippen molar-refractivity contribution in [2.45, 2.75) is 59.0 Å². The van der Waals surface area contributed by atoms with Gasteiger partial charge < -0.3 is 10.4 Å². The Bertz CT molecular complexity index is 347. The van der Waals surface area contributed by atoms with Crippen molar-refractivity contribution in [1.82, 2.24) is 10.2 Å². The highest BCUT2D eigenvalue weighted by atomic mass is 16.4. The number of hydrogen-bond donors (Lipinski definition) is 2. The van der Waals surface area contributed by atoms with E-state index in [1.165, 1.54) is 0 Å². The Balaban J connectivity index is 2.49. The van der Waals surface area contributed by atoms with E-state index in [1.54, 1.807) is 0 Å². The summed E-state index contributed by atoms with van der Waals surface area (Å²) in [4.78, 5) is 25.0. The average molecular weight is 298 g/mol. The van der Waals surface area contributed by atoms with Gasteiger partial charge in [-0.1, -0.05) is 27.7 Å². The molecule has 1 saturated heterocycles. The van der Waals surface area contributed by atoms with Gasteiger partial charge in [0.05, 0.1) is 12.6 Å². The van der Waals surface area contributed by atoms with Crippen LogP contribution in [0.5, 0.6) is 0 Å². The van der Waals surface area contributed by atoms with E-state index in [2.05, 4.69) is 19.2 Å². The molecule has 0 saturated carbocycles. The number of hydrogen-bond acceptors (Lipinski definition) is 4. The maximum absolute atomic E-state index is 12.3. The first kappa shape index (κ1) is 18.1. The molecule has 1 heterocycles. The predicted molar refractivity (Wildman–Crippen MR) is 83.3 cm³/mol. The zero-order chi connectivity index (χ0) is 16.0. The molecule has 0 spiro atoms. The van der Waals surface area contributed by atoms with Crippen molar-refractivity contribution < 1.29 is 14.7 Å². The first-order valence-electron chi connectivity index (χ1n) is 8.03. The summed E-state index contributed by atoms with van der Waals surface area (Å²) in [7, 11) is 0. The number of carboxylic acid groups (broad SMARTS) is 1. The summed E-state index contributed by atoms with van der Waals surface area (Å²) in [6.45, 7) is 9.81. The van der Waals surface area contributed by atoms with Gasteiger partial charge in [-0.15, -0.1) is 0 Å². The maximum Gasteiger partial charge on any atom is 0.317 e. The van der Waals surface area contributed by atoms with Gasteiger partial charge in [0.15, 0.2) is 5.78 Å². The Morgan fingerprint density at radius 3 is 2.19 bits per heavy atom. The molecule has 2 N–H and O–H groups in total. The fraction of sp³-hybridized carbons (Fsp3) is 0.875. The molecule has 5 heteroatoms. The van der Waals surface area contributed by atoms with Crippen molar-refractivity contribution in [2.75, 3.05) is 19.6 Å². The molecule has 122 valence electrons. The number of piperidine rings is 1. The quantitative estimate of drug-likeness (QED) is 0.714. The smallest absolute Gasteiger partial charge is 0.317 e. The number of nitrogens with zero attached hydrogens (tertiary/aromatic N) is 1. The van der Waals surface area contributed by atoms with Gasteiger partial charge in [0, 0.05) is 12.0 Å². The Morgan fingerprint density at radius 1 is 1.19 bits per heavy atom. The van der Waals surface area contributed by atoms with Crippen LogP contribution in [-0.2, 0) is 9.59 Å². The second kappa shape index (κ2) is 8.49. The minimum atomic E-state index is -0.761. The molecule has 0 bridgehead atoms. The maximum atomic E-state index is 12.3. The van der Waals surface area contributed by atoms with E-state index >= 15 is 0 Å². The molecule has 0 radical (unpaired) electrons. The second-order valence-corrected chi connectivity index (χ2v) is 6.78. The second-order valence-electron chi connectivity index (χ2n) is 6.78. The molecule has 0 amide bonds. The fourth-order valence-electron chi connectivity index (χ4n) is 2.98. The molecule has 1 atom stereocenters. The summed E-state index contributed by atoms with van der Waals surface area (Å²) in [6.07, 6.45) is 2.83. The molecule has 1 rings (SSSR count). The number of carbonyl (C=O) groups excluding carboxylic acids is 1. The van der Waals surface area contributed by atoms with E-state index in [0.29, 0.717) is 12.0 Å². The van der Waals surface area contributed by atoms with Crippen LogP contribution in [0.1, 0.15) is 47.0 Å². The molecule has 21 heavy (non-hydrogen) atoms. The topological polar surface area (TPSA) is 69.6 Å². The van der Waals surface area contributed by atoms with Gasteiger partial charge in [0.2, 0.25) is 0 Å². The summed E-state index contributed by atoms with van der Waals surface area (Å²) in [5.74, 6) is 0.0850. The molecule has 0 aliphatic carbocycles. The van der Waals surface area contributed by atoms with E-state index in [9.17, 15) is 9.59 Å². The first-order valence-corrected chi connectivity index (χ1v) is 8.03. The highest BCUT2D eigenvalue weighted by molar-refractivity contribution is 5.85. The van der Waals surface area contributed by atoms with Crippen molar-refractivity contribution in [2.24, 2.45) is 11.8 Å². The third-order valence-electron chi connectivity index (χ3n) is 4.08. The lowest BCUT2D eigenvalue weighted by atomic mass is 9.86. The standard InChI is InChI=1S/C16H30N2O3/c1-11(2)16(21)14(17-12(3)4)9-13-5-7-18(8-6-13)10-15(19)20/h11-14,17H,5-10H2,1-4H3,(H,19,20)/t14-/m0/s1. The lowest BCUT2D eigenvalue weighted by Crippen LogP contribution is -2.45. The predicted octanol–water partition coefficient (Wildman–Crippen LogP) is 1.76. The molecule has 1 fully saturated rings. The van der Waals surface area contributed by atoms with Crippen molar-refractivity contribution in [3.8, 4) is 0 Å².